The number of rotatable bonds is 8. The van der Waals surface area contributed by atoms with E-state index in [1.54, 1.807) is 0 Å². The van der Waals surface area contributed by atoms with Crippen LogP contribution in [0.2, 0.25) is 0 Å². The lowest BCUT2D eigenvalue weighted by Gasteiger charge is -2.26. The number of aromatic nitrogens is 1. The number of hydrogen-bond donors (Lipinski definition) is 0. The first kappa shape index (κ1) is 19.6. The van der Waals surface area contributed by atoms with Crippen LogP contribution in [0.3, 0.4) is 0 Å². The second kappa shape index (κ2) is 9.70. The van der Waals surface area contributed by atoms with Crippen LogP contribution in [-0.2, 0) is 16.1 Å². The number of ether oxygens (including phenoxy) is 2. The highest BCUT2D eigenvalue weighted by Crippen LogP contribution is 2.31. The largest absolute Gasteiger partial charge is 0.493 e. The lowest BCUT2D eigenvalue weighted by atomic mass is 10.1. The van der Waals surface area contributed by atoms with Crippen LogP contribution in [0.25, 0.3) is 10.9 Å². The molecule has 146 valence electrons. The highest BCUT2D eigenvalue weighted by Gasteiger charge is 2.17. The third kappa shape index (κ3) is 4.98. The molecule has 0 unspecified atom stereocenters. The summed E-state index contributed by atoms with van der Waals surface area (Å²) in [5.74, 6) is 0.961. The fourth-order valence-corrected chi connectivity index (χ4v) is 3.44. The van der Waals surface area contributed by atoms with E-state index in [0.717, 1.165) is 66.7 Å². The van der Waals surface area contributed by atoms with Gasteiger partial charge in [-0.05, 0) is 44.7 Å². The Morgan fingerprint density at radius 3 is 2.74 bits per heavy atom. The second-order valence-corrected chi connectivity index (χ2v) is 7.17. The molecule has 0 atom stereocenters. The molecule has 2 heterocycles. The van der Waals surface area contributed by atoms with Crippen LogP contribution in [0.5, 0.6) is 5.75 Å². The Labute approximate surface area is 161 Å². The van der Waals surface area contributed by atoms with Crippen LogP contribution in [0.1, 0.15) is 50.3 Å². The van der Waals surface area contributed by atoms with E-state index in [4.69, 9.17) is 14.5 Å². The molecule has 0 spiro atoms. The van der Waals surface area contributed by atoms with E-state index in [1.807, 2.05) is 36.1 Å². The standard InChI is InChI=1S/C22H30N2O3/c1-3-4-14-27-22-17(2)20(23-19-11-7-6-10-18(19)22)15-26-16-21(25)24-12-8-5-9-13-24/h6-7,10-11H,3-5,8-9,12-16H2,1-2H3. The van der Waals surface area contributed by atoms with Gasteiger partial charge in [0, 0.05) is 24.0 Å². The molecule has 0 radical (unpaired) electrons. The number of pyridine rings is 1. The van der Waals surface area contributed by atoms with Gasteiger partial charge in [-0.3, -0.25) is 4.79 Å². The predicted molar refractivity (Wildman–Crippen MR) is 107 cm³/mol. The maximum absolute atomic E-state index is 12.3. The monoisotopic (exact) mass is 370 g/mol. The molecule has 1 fully saturated rings. The van der Waals surface area contributed by atoms with Crippen LogP contribution in [0, 0.1) is 6.92 Å². The summed E-state index contributed by atoms with van der Waals surface area (Å²) >= 11 is 0. The summed E-state index contributed by atoms with van der Waals surface area (Å²) in [4.78, 5) is 18.9. The lowest BCUT2D eigenvalue weighted by molar-refractivity contribution is -0.137. The average Bonchev–Trinajstić information content (AvgIpc) is 2.71. The molecule has 1 aromatic heterocycles. The number of fused-ring (bicyclic) bond motifs is 1. The average molecular weight is 370 g/mol. The van der Waals surface area contributed by atoms with Crippen molar-refractivity contribution in [3.8, 4) is 5.75 Å². The number of hydrogen-bond acceptors (Lipinski definition) is 4. The van der Waals surface area contributed by atoms with Crippen molar-refractivity contribution in [3.63, 3.8) is 0 Å². The first-order chi connectivity index (χ1) is 13.2. The molecular formula is C22H30N2O3. The van der Waals surface area contributed by atoms with Crippen molar-refractivity contribution in [1.29, 1.82) is 0 Å². The molecule has 3 rings (SSSR count). The van der Waals surface area contributed by atoms with Gasteiger partial charge >= 0.3 is 0 Å². The Hall–Kier alpha value is -2.14. The number of carbonyl (C=O) groups is 1. The van der Waals surface area contributed by atoms with Crippen molar-refractivity contribution in [1.82, 2.24) is 9.88 Å². The highest BCUT2D eigenvalue weighted by atomic mass is 16.5. The van der Waals surface area contributed by atoms with Gasteiger partial charge in [-0.2, -0.15) is 0 Å². The van der Waals surface area contributed by atoms with Gasteiger partial charge in [0.15, 0.2) is 0 Å². The number of unbranched alkanes of at least 4 members (excludes halogenated alkanes) is 1. The number of carbonyl (C=O) groups excluding carboxylic acids is 1. The van der Waals surface area contributed by atoms with Crippen LogP contribution >= 0.6 is 0 Å². The molecule has 0 N–H and O–H groups in total. The number of benzene rings is 1. The molecule has 5 nitrogen and oxygen atoms in total. The molecule has 0 aliphatic carbocycles. The third-order valence-electron chi connectivity index (χ3n) is 5.09. The molecule has 1 aromatic carbocycles. The zero-order valence-electron chi connectivity index (χ0n) is 16.5. The van der Waals surface area contributed by atoms with Gasteiger partial charge in [0.25, 0.3) is 0 Å². The van der Waals surface area contributed by atoms with Gasteiger partial charge in [0.1, 0.15) is 12.4 Å². The third-order valence-corrected chi connectivity index (χ3v) is 5.09. The quantitative estimate of drug-likeness (QED) is 0.652. The first-order valence-corrected chi connectivity index (χ1v) is 10.1. The highest BCUT2D eigenvalue weighted by molar-refractivity contribution is 5.86. The van der Waals surface area contributed by atoms with Crippen LogP contribution < -0.4 is 4.74 Å². The Morgan fingerprint density at radius 2 is 1.96 bits per heavy atom. The van der Waals surface area contributed by atoms with E-state index in [9.17, 15) is 4.79 Å². The summed E-state index contributed by atoms with van der Waals surface area (Å²) < 4.78 is 11.8. The minimum Gasteiger partial charge on any atom is -0.493 e. The zero-order valence-corrected chi connectivity index (χ0v) is 16.5. The molecule has 2 aromatic rings. The summed E-state index contributed by atoms with van der Waals surface area (Å²) in [6.07, 6.45) is 5.51. The Kier molecular flexibility index (Phi) is 7.04. The normalized spacial score (nSPS) is 14.5. The lowest BCUT2D eigenvalue weighted by Crippen LogP contribution is -2.37. The van der Waals surface area contributed by atoms with Gasteiger partial charge in [0.05, 0.1) is 24.4 Å². The molecule has 1 aliphatic rings. The summed E-state index contributed by atoms with van der Waals surface area (Å²) in [6, 6.07) is 8.01. The van der Waals surface area contributed by atoms with Crippen molar-refractivity contribution >= 4 is 16.8 Å². The number of piperidine rings is 1. The topological polar surface area (TPSA) is 51.7 Å². The van der Waals surface area contributed by atoms with Gasteiger partial charge in [0.2, 0.25) is 5.91 Å². The fraction of sp³-hybridized carbons (Fsp3) is 0.545. The van der Waals surface area contributed by atoms with Crippen molar-refractivity contribution in [3.05, 3.63) is 35.5 Å². The fourth-order valence-electron chi connectivity index (χ4n) is 3.44. The van der Waals surface area contributed by atoms with Gasteiger partial charge in [-0.1, -0.05) is 25.5 Å². The van der Waals surface area contributed by atoms with Gasteiger partial charge in [-0.15, -0.1) is 0 Å². The molecule has 1 amide bonds. The Balaban J connectivity index is 1.69. The Morgan fingerprint density at radius 1 is 1.19 bits per heavy atom. The van der Waals surface area contributed by atoms with Crippen molar-refractivity contribution in [2.45, 2.75) is 52.6 Å². The number of nitrogens with zero attached hydrogens (tertiary/aromatic N) is 2. The predicted octanol–water partition coefficient (Wildman–Crippen LogP) is 4.25. The number of para-hydroxylation sites is 1. The van der Waals surface area contributed by atoms with E-state index in [0.29, 0.717) is 13.2 Å². The van der Waals surface area contributed by atoms with Crippen LogP contribution in [0.4, 0.5) is 0 Å². The molecule has 0 saturated carbocycles. The summed E-state index contributed by atoms with van der Waals surface area (Å²) in [5, 5.41) is 1.03. The summed E-state index contributed by atoms with van der Waals surface area (Å²) in [7, 11) is 0. The SMILES string of the molecule is CCCCOc1c(C)c(COCC(=O)N2CCCCC2)nc2ccccc12. The zero-order chi connectivity index (χ0) is 19.1. The minimum atomic E-state index is 0.0764. The molecular weight excluding hydrogens is 340 g/mol. The van der Waals surface area contributed by atoms with Crippen molar-refractivity contribution in [2.75, 3.05) is 26.3 Å². The van der Waals surface area contributed by atoms with Crippen LogP contribution in [0.15, 0.2) is 24.3 Å². The van der Waals surface area contributed by atoms with Crippen molar-refractivity contribution in [2.24, 2.45) is 0 Å². The van der Waals surface area contributed by atoms with E-state index < -0.39 is 0 Å². The smallest absolute Gasteiger partial charge is 0.248 e. The van der Waals surface area contributed by atoms with Crippen molar-refractivity contribution < 1.29 is 14.3 Å². The van der Waals surface area contributed by atoms with Gasteiger partial charge < -0.3 is 14.4 Å². The maximum Gasteiger partial charge on any atom is 0.248 e. The molecule has 27 heavy (non-hydrogen) atoms. The molecule has 1 aliphatic heterocycles. The van der Waals surface area contributed by atoms with E-state index in [-0.39, 0.29) is 12.5 Å². The van der Waals surface area contributed by atoms with E-state index in [1.165, 1.54) is 6.42 Å². The molecule has 1 saturated heterocycles. The maximum atomic E-state index is 12.3. The first-order valence-electron chi connectivity index (χ1n) is 10.1. The van der Waals surface area contributed by atoms with Crippen LogP contribution in [-0.4, -0.2) is 42.1 Å². The van der Waals surface area contributed by atoms with E-state index in [2.05, 4.69) is 6.92 Å². The number of likely N-dealkylation sites (tertiary alicyclic amines) is 1. The molecule has 5 heteroatoms. The second-order valence-electron chi connectivity index (χ2n) is 7.17. The number of amides is 1. The summed E-state index contributed by atoms with van der Waals surface area (Å²) in [5.41, 5.74) is 2.73. The van der Waals surface area contributed by atoms with Gasteiger partial charge in [-0.25, -0.2) is 4.98 Å². The summed E-state index contributed by atoms with van der Waals surface area (Å²) in [6.45, 7) is 7.00. The Bertz CT molecular complexity index is 769. The van der Waals surface area contributed by atoms with E-state index >= 15 is 0 Å². The minimum absolute atomic E-state index is 0.0764. The molecule has 0 bridgehead atoms.